The zero-order valence-electron chi connectivity index (χ0n) is 13.2. The zero-order chi connectivity index (χ0) is 15.2. The third kappa shape index (κ3) is 5.61. The quantitative estimate of drug-likeness (QED) is 0.833. The first-order valence-electron chi connectivity index (χ1n) is 6.95. The van der Waals surface area contributed by atoms with E-state index in [9.17, 15) is 4.79 Å². The van der Waals surface area contributed by atoms with Crippen LogP contribution in [-0.4, -0.2) is 44.1 Å². The van der Waals surface area contributed by atoms with Gasteiger partial charge in [0.25, 0.3) is 5.91 Å². The van der Waals surface area contributed by atoms with Crippen molar-refractivity contribution < 1.29 is 9.53 Å². The molecule has 0 radical (unpaired) electrons. The van der Waals surface area contributed by atoms with Gasteiger partial charge in [-0.3, -0.25) is 4.79 Å². The number of ether oxygens (including phenoxy) is 1. The first kappa shape index (κ1) is 16.5. The molecular weight excluding hydrogens is 252 g/mol. The van der Waals surface area contributed by atoms with Crippen LogP contribution < -0.4 is 10.1 Å². The Balaban J connectivity index is 2.59. The first-order chi connectivity index (χ1) is 9.34. The van der Waals surface area contributed by atoms with Crippen molar-refractivity contribution >= 4 is 5.91 Å². The molecule has 1 aromatic rings. The van der Waals surface area contributed by atoms with Crippen molar-refractivity contribution in [1.82, 2.24) is 10.2 Å². The number of nitrogens with one attached hydrogen (secondary N) is 1. The fraction of sp³-hybridized carbons (Fsp3) is 0.562. The second-order valence-electron chi connectivity index (χ2n) is 5.98. The molecule has 4 heteroatoms. The second kappa shape index (κ2) is 7.29. The van der Waals surface area contributed by atoms with Crippen LogP contribution >= 0.6 is 0 Å². The number of rotatable bonds is 7. The van der Waals surface area contributed by atoms with E-state index < -0.39 is 0 Å². The maximum Gasteiger partial charge on any atom is 0.251 e. The van der Waals surface area contributed by atoms with Gasteiger partial charge in [-0.1, -0.05) is 6.07 Å². The van der Waals surface area contributed by atoms with Crippen molar-refractivity contribution in [2.24, 2.45) is 0 Å². The summed E-state index contributed by atoms with van der Waals surface area (Å²) in [5, 5.41) is 3.08. The lowest BCUT2D eigenvalue weighted by Crippen LogP contribution is -2.43. The Bertz CT molecular complexity index is 442. The van der Waals surface area contributed by atoms with Gasteiger partial charge >= 0.3 is 0 Å². The largest absolute Gasteiger partial charge is 0.497 e. The fourth-order valence-corrected chi connectivity index (χ4v) is 2.04. The van der Waals surface area contributed by atoms with E-state index in [1.807, 2.05) is 12.1 Å². The number of hydrogen-bond donors (Lipinski definition) is 1. The molecule has 0 fully saturated rings. The molecule has 0 heterocycles. The predicted molar refractivity (Wildman–Crippen MR) is 82.3 cm³/mol. The van der Waals surface area contributed by atoms with Gasteiger partial charge in [0.2, 0.25) is 0 Å². The molecule has 0 aliphatic heterocycles. The van der Waals surface area contributed by atoms with Gasteiger partial charge in [-0.05, 0) is 65.5 Å². The van der Waals surface area contributed by atoms with Gasteiger partial charge < -0.3 is 15.0 Å². The highest BCUT2D eigenvalue weighted by atomic mass is 16.5. The van der Waals surface area contributed by atoms with Crippen LogP contribution in [0.2, 0.25) is 0 Å². The summed E-state index contributed by atoms with van der Waals surface area (Å²) in [4.78, 5) is 14.4. The Hall–Kier alpha value is -1.55. The maximum absolute atomic E-state index is 12.2. The topological polar surface area (TPSA) is 41.6 Å². The van der Waals surface area contributed by atoms with Gasteiger partial charge in [0.15, 0.2) is 0 Å². The normalized spacial score (nSPS) is 11.5. The monoisotopic (exact) mass is 278 g/mol. The summed E-state index contributed by atoms with van der Waals surface area (Å²) in [6.07, 6.45) is 2.00. The number of hydrogen-bond acceptors (Lipinski definition) is 3. The van der Waals surface area contributed by atoms with Gasteiger partial charge in [0.05, 0.1) is 7.11 Å². The van der Waals surface area contributed by atoms with Crippen LogP contribution in [0.4, 0.5) is 0 Å². The van der Waals surface area contributed by atoms with Crippen molar-refractivity contribution in [1.29, 1.82) is 0 Å². The number of nitrogens with zero attached hydrogens (tertiary/aromatic N) is 1. The highest BCUT2D eigenvalue weighted by molar-refractivity contribution is 5.95. The van der Waals surface area contributed by atoms with Gasteiger partial charge in [-0.25, -0.2) is 0 Å². The lowest BCUT2D eigenvalue weighted by Gasteiger charge is -2.27. The van der Waals surface area contributed by atoms with Crippen molar-refractivity contribution in [3.05, 3.63) is 29.8 Å². The maximum atomic E-state index is 12.2. The Morgan fingerprint density at radius 3 is 2.65 bits per heavy atom. The van der Waals surface area contributed by atoms with Gasteiger partial charge in [0.1, 0.15) is 5.75 Å². The highest BCUT2D eigenvalue weighted by Crippen LogP contribution is 2.16. The Kier molecular flexibility index (Phi) is 6.02. The van der Waals surface area contributed by atoms with Crippen molar-refractivity contribution in [3.8, 4) is 5.75 Å². The molecule has 0 saturated heterocycles. The molecule has 0 bridgehead atoms. The van der Waals surface area contributed by atoms with E-state index in [0.717, 1.165) is 19.4 Å². The number of benzene rings is 1. The summed E-state index contributed by atoms with van der Waals surface area (Å²) in [5.41, 5.74) is 0.418. The standard InChI is InChI=1S/C16H26N2O2/c1-16(2,10-7-11-18(3)4)17-15(19)13-8-6-9-14(12-13)20-5/h6,8-9,12H,7,10-11H2,1-5H3,(H,17,19). The van der Waals surface area contributed by atoms with E-state index in [1.165, 1.54) is 0 Å². The molecule has 0 aliphatic rings. The Labute approximate surface area is 122 Å². The van der Waals surface area contributed by atoms with E-state index in [2.05, 4.69) is 38.2 Å². The molecule has 1 amide bonds. The number of amides is 1. The molecule has 0 saturated carbocycles. The van der Waals surface area contributed by atoms with Gasteiger partial charge in [-0.2, -0.15) is 0 Å². The molecule has 0 aliphatic carbocycles. The molecule has 1 aromatic carbocycles. The van der Waals surface area contributed by atoms with Crippen molar-refractivity contribution in [2.45, 2.75) is 32.2 Å². The molecule has 0 unspecified atom stereocenters. The van der Waals surface area contributed by atoms with Crippen LogP contribution in [0.5, 0.6) is 5.75 Å². The van der Waals surface area contributed by atoms with E-state index >= 15 is 0 Å². The minimum Gasteiger partial charge on any atom is -0.497 e. The Morgan fingerprint density at radius 2 is 2.05 bits per heavy atom. The van der Waals surface area contributed by atoms with Crippen LogP contribution in [0.3, 0.4) is 0 Å². The van der Waals surface area contributed by atoms with Crippen LogP contribution in [0.15, 0.2) is 24.3 Å². The lowest BCUT2D eigenvalue weighted by atomic mass is 9.97. The van der Waals surface area contributed by atoms with Crippen molar-refractivity contribution in [3.63, 3.8) is 0 Å². The van der Waals surface area contributed by atoms with Crippen LogP contribution in [0, 0.1) is 0 Å². The van der Waals surface area contributed by atoms with E-state index in [0.29, 0.717) is 11.3 Å². The van der Waals surface area contributed by atoms with Crippen LogP contribution in [-0.2, 0) is 0 Å². The minimum absolute atomic E-state index is 0.0567. The van der Waals surface area contributed by atoms with Gasteiger partial charge in [0, 0.05) is 11.1 Å². The molecule has 112 valence electrons. The molecule has 0 aromatic heterocycles. The second-order valence-corrected chi connectivity index (χ2v) is 5.98. The fourth-order valence-electron chi connectivity index (χ4n) is 2.04. The highest BCUT2D eigenvalue weighted by Gasteiger charge is 2.21. The first-order valence-corrected chi connectivity index (χ1v) is 6.95. The summed E-state index contributed by atoms with van der Waals surface area (Å²) < 4.78 is 5.14. The SMILES string of the molecule is COc1cccc(C(=O)NC(C)(C)CCCN(C)C)c1. The molecule has 0 spiro atoms. The summed E-state index contributed by atoms with van der Waals surface area (Å²) in [6.45, 7) is 5.14. The smallest absolute Gasteiger partial charge is 0.251 e. The molecule has 0 atom stereocenters. The van der Waals surface area contributed by atoms with Crippen LogP contribution in [0.1, 0.15) is 37.0 Å². The average molecular weight is 278 g/mol. The average Bonchev–Trinajstić information content (AvgIpc) is 2.37. The molecule has 20 heavy (non-hydrogen) atoms. The summed E-state index contributed by atoms with van der Waals surface area (Å²) >= 11 is 0. The summed E-state index contributed by atoms with van der Waals surface area (Å²) in [6, 6.07) is 7.21. The third-order valence-electron chi connectivity index (χ3n) is 3.19. The molecule has 1 rings (SSSR count). The predicted octanol–water partition coefficient (Wildman–Crippen LogP) is 2.55. The van der Waals surface area contributed by atoms with E-state index in [4.69, 9.17) is 4.74 Å². The van der Waals surface area contributed by atoms with Crippen LogP contribution in [0.25, 0.3) is 0 Å². The van der Waals surface area contributed by atoms with Crippen molar-refractivity contribution in [2.75, 3.05) is 27.7 Å². The lowest BCUT2D eigenvalue weighted by molar-refractivity contribution is 0.0907. The van der Waals surface area contributed by atoms with E-state index in [1.54, 1.807) is 19.2 Å². The summed E-state index contributed by atoms with van der Waals surface area (Å²) in [5.74, 6) is 0.641. The third-order valence-corrected chi connectivity index (χ3v) is 3.19. The number of carbonyl (C=O) groups excluding carboxylic acids is 1. The van der Waals surface area contributed by atoms with E-state index in [-0.39, 0.29) is 11.4 Å². The number of methoxy groups -OCH3 is 1. The Morgan fingerprint density at radius 1 is 1.35 bits per heavy atom. The molecule has 4 nitrogen and oxygen atoms in total. The summed E-state index contributed by atoms with van der Waals surface area (Å²) in [7, 11) is 5.71. The number of carbonyl (C=O) groups is 1. The minimum atomic E-state index is -0.212. The molecular formula is C16H26N2O2. The molecule has 1 N–H and O–H groups in total. The van der Waals surface area contributed by atoms with Gasteiger partial charge in [-0.15, -0.1) is 0 Å². The zero-order valence-corrected chi connectivity index (χ0v) is 13.2.